The second kappa shape index (κ2) is 6.75. The lowest BCUT2D eigenvalue weighted by molar-refractivity contribution is -0.117. The third-order valence-corrected chi connectivity index (χ3v) is 4.85. The molecule has 1 aliphatic heterocycles. The number of halogens is 1. The molecule has 1 atom stereocenters. The summed E-state index contributed by atoms with van der Waals surface area (Å²) in [5.41, 5.74) is 3.41. The Hall–Kier alpha value is -1.81. The second-order valence-electron chi connectivity index (χ2n) is 5.95. The van der Waals surface area contributed by atoms with Crippen LogP contribution in [0.1, 0.15) is 25.8 Å². The first-order valence-electron chi connectivity index (χ1n) is 7.98. The van der Waals surface area contributed by atoms with Gasteiger partial charge in [-0.25, -0.2) is 0 Å². The van der Waals surface area contributed by atoms with E-state index in [1.165, 1.54) is 5.56 Å². The number of amides is 1. The van der Waals surface area contributed by atoms with Gasteiger partial charge in [0.2, 0.25) is 5.91 Å². The van der Waals surface area contributed by atoms with Crippen LogP contribution < -0.4 is 9.80 Å². The van der Waals surface area contributed by atoms with Crippen molar-refractivity contribution in [1.82, 2.24) is 0 Å². The minimum atomic E-state index is 0.111. The van der Waals surface area contributed by atoms with Gasteiger partial charge in [0, 0.05) is 24.5 Å². The number of carbonyl (C=O) groups excluding carboxylic acids is 1. The summed E-state index contributed by atoms with van der Waals surface area (Å²) in [5, 5.41) is 0. The van der Waals surface area contributed by atoms with E-state index < -0.39 is 0 Å². The molecule has 3 nitrogen and oxygen atoms in total. The fourth-order valence-electron chi connectivity index (χ4n) is 3.28. The van der Waals surface area contributed by atoms with Gasteiger partial charge in [-0.2, -0.15) is 0 Å². The molecular weight excluding hydrogens is 352 g/mol. The molecule has 0 radical (unpaired) electrons. The molecule has 0 aromatic heterocycles. The zero-order chi connectivity index (χ0) is 16.4. The van der Waals surface area contributed by atoms with E-state index >= 15 is 0 Å². The van der Waals surface area contributed by atoms with E-state index in [2.05, 4.69) is 58.1 Å². The molecule has 4 heteroatoms. The summed E-state index contributed by atoms with van der Waals surface area (Å²) in [6, 6.07) is 16.8. The van der Waals surface area contributed by atoms with E-state index in [-0.39, 0.29) is 11.9 Å². The highest BCUT2D eigenvalue weighted by Gasteiger charge is 2.32. The Labute approximate surface area is 146 Å². The molecule has 0 saturated heterocycles. The first-order valence-corrected chi connectivity index (χ1v) is 8.77. The summed E-state index contributed by atoms with van der Waals surface area (Å²) in [4.78, 5) is 16.5. The lowest BCUT2D eigenvalue weighted by Gasteiger charge is -2.43. The molecule has 0 saturated carbocycles. The van der Waals surface area contributed by atoms with Gasteiger partial charge in [0.15, 0.2) is 0 Å². The van der Waals surface area contributed by atoms with Crippen LogP contribution in [0.2, 0.25) is 0 Å². The normalized spacial score (nSPS) is 17.1. The summed E-state index contributed by atoms with van der Waals surface area (Å²) < 4.78 is 1.03. The highest BCUT2D eigenvalue weighted by Crippen LogP contribution is 2.39. The summed E-state index contributed by atoms with van der Waals surface area (Å²) in [5.74, 6) is 0.111. The van der Waals surface area contributed by atoms with E-state index in [4.69, 9.17) is 0 Å². The Balaban J connectivity index is 2.02. The number of rotatable bonds is 3. The van der Waals surface area contributed by atoms with Gasteiger partial charge in [0.25, 0.3) is 0 Å². The quantitative estimate of drug-likeness (QED) is 0.785. The number of anilines is 2. The van der Waals surface area contributed by atoms with Crippen LogP contribution in [0.15, 0.2) is 53.0 Å². The number of hydrogen-bond donors (Lipinski definition) is 0. The lowest BCUT2D eigenvalue weighted by atomic mass is 10.0. The molecule has 2 aromatic rings. The van der Waals surface area contributed by atoms with Crippen molar-refractivity contribution < 1.29 is 4.79 Å². The third-order valence-electron chi connectivity index (χ3n) is 4.36. The van der Waals surface area contributed by atoms with Crippen LogP contribution in [0.25, 0.3) is 0 Å². The highest BCUT2D eigenvalue weighted by atomic mass is 79.9. The van der Waals surface area contributed by atoms with E-state index in [9.17, 15) is 4.79 Å². The van der Waals surface area contributed by atoms with E-state index in [0.29, 0.717) is 0 Å². The predicted octanol–water partition coefficient (Wildman–Crippen LogP) is 4.60. The minimum Gasteiger partial charge on any atom is -0.363 e. The molecule has 2 aromatic carbocycles. The molecule has 0 aliphatic carbocycles. The summed E-state index contributed by atoms with van der Waals surface area (Å²) >= 11 is 3.56. The van der Waals surface area contributed by atoms with Crippen molar-refractivity contribution in [2.45, 2.75) is 32.9 Å². The van der Waals surface area contributed by atoms with Crippen molar-refractivity contribution in [1.29, 1.82) is 0 Å². The Morgan fingerprint density at radius 1 is 1.17 bits per heavy atom. The minimum absolute atomic E-state index is 0.111. The summed E-state index contributed by atoms with van der Waals surface area (Å²) in [6.45, 7) is 5.51. The fourth-order valence-corrected chi connectivity index (χ4v) is 3.63. The van der Waals surface area contributed by atoms with Crippen molar-refractivity contribution >= 4 is 33.2 Å². The van der Waals surface area contributed by atoms with Gasteiger partial charge in [0.1, 0.15) is 0 Å². The highest BCUT2D eigenvalue weighted by molar-refractivity contribution is 9.10. The molecule has 1 amide bonds. The standard InChI is InChI=1S/C19H21BrN2O/c1-3-17-13-21(12-15-7-5-4-6-8-15)19-11-16(20)9-10-18(19)22(17)14(2)23/h4-11,17H,3,12-13H2,1-2H3. The molecule has 120 valence electrons. The van der Waals surface area contributed by atoms with Crippen LogP contribution in [0.4, 0.5) is 11.4 Å². The molecule has 23 heavy (non-hydrogen) atoms. The number of fused-ring (bicyclic) bond motifs is 1. The van der Waals surface area contributed by atoms with Crippen molar-refractivity contribution in [2.24, 2.45) is 0 Å². The zero-order valence-electron chi connectivity index (χ0n) is 13.5. The van der Waals surface area contributed by atoms with Crippen LogP contribution in [0.3, 0.4) is 0 Å². The Morgan fingerprint density at radius 2 is 1.91 bits per heavy atom. The maximum atomic E-state index is 12.2. The predicted molar refractivity (Wildman–Crippen MR) is 98.9 cm³/mol. The van der Waals surface area contributed by atoms with Crippen LogP contribution in [-0.2, 0) is 11.3 Å². The van der Waals surface area contributed by atoms with Crippen molar-refractivity contribution in [3.05, 3.63) is 58.6 Å². The third kappa shape index (κ3) is 3.27. The summed E-state index contributed by atoms with van der Waals surface area (Å²) in [6.07, 6.45) is 0.945. The average molecular weight is 373 g/mol. The Morgan fingerprint density at radius 3 is 2.57 bits per heavy atom. The van der Waals surface area contributed by atoms with Gasteiger partial charge in [-0.3, -0.25) is 4.79 Å². The Bertz CT molecular complexity index is 702. The van der Waals surface area contributed by atoms with Crippen molar-refractivity contribution in [2.75, 3.05) is 16.3 Å². The summed E-state index contributed by atoms with van der Waals surface area (Å²) in [7, 11) is 0. The number of nitrogens with zero attached hydrogens (tertiary/aromatic N) is 2. The molecular formula is C19H21BrN2O. The van der Waals surface area contributed by atoms with Crippen molar-refractivity contribution in [3.8, 4) is 0 Å². The van der Waals surface area contributed by atoms with E-state index in [0.717, 1.165) is 35.4 Å². The van der Waals surface area contributed by atoms with Crippen LogP contribution in [0.5, 0.6) is 0 Å². The number of benzene rings is 2. The Kier molecular flexibility index (Phi) is 4.71. The van der Waals surface area contributed by atoms with Gasteiger partial charge in [0.05, 0.1) is 17.4 Å². The molecule has 0 spiro atoms. The largest absolute Gasteiger partial charge is 0.363 e. The monoisotopic (exact) mass is 372 g/mol. The topological polar surface area (TPSA) is 23.6 Å². The van der Waals surface area contributed by atoms with Crippen LogP contribution >= 0.6 is 15.9 Å². The molecule has 1 unspecified atom stereocenters. The zero-order valence-corrected chi connectivity index (χ0v) is 15.1. The average Bonchev–Trinajstić information content (AvgIpc) is 2.55. The van der Waals surface area contributed by atoms with Gasteiger partial charge < -0.3 is 9.80 Å². The van der Waals surface area contributed by atoms with Gasteiger partial charge in [-0.15, -0.1) is 0 Å². The molecule has 0 N–H and O–H groups in total. The SMILES string of the molecule is CCC1CN(Cc2ccccc2)c2cc(Br)ccc2N1C(C)=O. The molecule has 0 bridgehead atoms. The van der Waals surface area contributed by atoms with Crippen LogP contribution in [0, 0.1) is 0 Å². The van der Waals surface area contributed by atoms with Gasteiger partial charge in [-0.05, 0) is 30.2 Å². The smallest absolute Gasteiger partial charge is 0.224 e. The molecule has 1 heterocycles. The van der Waals surface area contributed by atoms with Gasteiger partial charge in [-0.1, -0.05) is 53.2 Å². The van der Waals surface area contributed by atoms with Crippen molar-refractivity contribution in [3.63, 3.8) is 0 Å². The molecule has 3 rings (SSSR count). The first-order chi connectivity index (χ1) is 11.1. The number of hydrogen-bond acceptors (Lipinski definition) is 2. The number of carbonyl (C=O) groups is 1. The molecule has 0 fully saturated rings. The fraction of sp³-hybridized carbons (Fsp3) is 0.316. The van der Waals surface area contributed by atoms with Crippen LogP contribution in [-0.4, -0.2) is 18.5 Å². The van der Waals surface area contributed by atoms with E-state index in [1.54, 1.807) is 6.92 Å². The molecule has 1 aliphatic rings. The maximum absolute atomic E-state index is 12.2. The maximum Gasteiger partial charge on any atom is 0.224 e. The first kappa shape index (κ1) is 16.1. The van der Waals surface area contributed by atoms with Gasteiger partial charge >= 0.3 is 0 Å². The second-order valence-corrected chi connectivity index (χ2v) is 6.87. The lowest BCUT2D eigenvalue weighted by Crippen LogP contribution is -2.50. The van der Waals surface area contributed by atoms with E-state index in [1.807, 2.05) is 23.1 Å².